The molecule has 0 amide bonds. The van der Waals surface area contributed by atoms with Crippen molar-refractivity contribution >= 4 is 16.9 Å². The molecule has 0 bridgehead atoms. The van der Waals surface area contributed by atoms with Gasteiger partial charge in [0.05, 0.1) is 0 Å². The van der Waals surface area contributed by atoms with Crippen molar-refractivity contribution in [2.45, 2.75) is 58.3 Å². The molecule has 2 nitrogen and oxygen atoms in total. The van der Waals surface area contributed by atoms with E-state index in [-0.39, 0.29) is 10.0 Å². The van der Waals surface area contributed by atoms with Gasteiger partial charge in [0.15, 0.2) is 0 Å². The van der Waals surface area contributed by atoms with Gasteiger partial charge in [-0.05, 0) is 50.9 Å². The molecule has 0 saturated carbocycles. The fraction of sp³-hybridized carbons (Fsp3) is 0.769. The zero-order valence-electron chi connectivity index (χ0n) is 11.0. The summed E-state index contributed by atoms with van der Waals surface area (Å²) >= 11 is 1.27. The maximum Gasteiger partial charge on any atom is 0.217 e. The number of carbonyl (C=O) groups is 1. The number of unbranched alkanes of at least 4 members (excludes halogenated alkanes) is 2. The van der Waals surface area contributed by atoms with Gasteiger partial charge in [-0.25, -0.2) is 0 Å². The SMILES string of the molecule is C=C(C)C(=O)SC(C)(CCCCC)OCC. The van der Waals surface area contributed by atoms with Crippen LogP contribution < -0.4 is 0 Å². The van der Waals surface area contributed by atoms with Crippen LogP contribution in [0.3, 0.4) is 0 Å². The lowest BCUT2D eigenvalue weighted by atomic mass is 10.1. The third-order valence-corrected chi connectivity index (χ3v) is 3.63. The van der Waals surface area contributed by atoms with Crippen molar-refractivity contribution in [3.8, 4) is 0 Å². The van der Waals surface area contributed by atoms with Crippen molar-refractivity contribution < 1.29 is 9.53 Å². The standard InChI is InChI=1S/C13H24O2S/c1-6-8-9-10-13(5,15-7-2)16-12(14)11(3)4/h3,6-10H2,1-2,4-5H3. The van der Waals surface area contributed by atoms with Gasteiger partial charge in [-0.3, -0.25) is 4.79 Å². The molecule has 16 heavy (non-hydrogen) atoms. The van der Waals surface area contributed by atoms with Crippen molar-refractivity contribution in [2.24, 2.45) is 0 Å². The quantitative estimate of drug-likeness (QED) is 0.364. The largest absolute Gasteiger partial charge is 0.364 e. The van der Waals surface area contributed by atoms with Gasteiger partial charge >= 0.3 is 0 Å². The summed E-state index contributed by atoms with van der Waals surface area (Å²) in [6, 6.07) is 0. The predicted molar refractivity (Wildman–Crippen MR) is 71.6 cm³/mol. The Morgan fingerprint density at radius 2 is 2.00 bits per heavy atom. The van der Waals surface area contributed by atoms with Gasteiger partial charge in [0, 0.05) is 6.61 Å². The normalized spacial score (nSPS) is 14.5. The maximum absolute atomic E-state index is 11.6. The Morgan fingerprint density at radius 1 is 1.38 bits per heavy atom. The Morgan fingerprint density at radius 3 is 2.44 bits per heavy atom. The average molecular weight is 244 g/mol. The second kappa shape index (κ2) is 7.91. The van der Waals surface area contributed by atoms with Crippen LogP contribution in [0.25, 0.3) is 0 Å². The highest BCUT2D eigenvalue weighted by Crippen LogP contribution is 2.34. The van der Waals surface area contributed by atoms with E-state index < -0.39 is 0 Å². The van der Waals surface area contributed by atoms with Crippen LogP contribution in [0, 0.1) is 0 Å². The topological polar surface area (TPSA) is 26.3 Å². The molecule has 0 heterocycles. The number of thioether (sulfide) groups is 1. The monoisotopic (exact) mass is 244 g/mol. The Labute approximate surface area is 104 Å². The van der Waals surface area contributed by atoms with E-state index in [1.165, 1.54) is 24.6 Å². The number of hydrogen-bond donors (Lipinski definition) is 0. The van der Waals surface area contributed by atoms with Gasteiger partial charge in [0.25, 0.3) is 0 Å². The summed E-state index contributed by atoms with van der Waals surface area (Å²) in [7, 11) is 0. The number of hydrogen-bond acceptors (Lipinski definition) is 3. The van der Waals surface area contributed by atoms with Crippen molar-refractivity contribution in [3.05, 3.63) is 12.2 Å². The Bertz CT molecular complexity index is 238. The molecule has 0 rings (SSSR count). The van der Waals surface area contributed by atoms with Gasteiger partial charge in [-0.2, -0.15) is 0 Å². The van der Waals surface area contributed by atoms with Gasteiger partial charge in [0.1, 0.15) is 4.93 Å². The van der Waals surface area contributed by atoms with E-state index in [0.717, 1.165) is 12.8 Å². The van der Waals surface area contributed by atoms with Gasteiger partial charge in [0.2, 0.25) is 5.12 Å². The second-order valence-corrected chi connectivity index (χ2v) is 5.63. The molecule has 0 fully saturated rings. The van der Waals surface area contributed by atoms with Crippen LogP contribution in [-0.2, 0) is 9.53 Å². The Balaban J connectivity index is 4.31. The van der Waals surface area contributed by atoms with E-state index in [4.69, 9.17) is 4.74 Å². The Hall–Kier alpha value is -0.280. The number of carbonyl (C=O) groups excluding carboxylic acids is 1. The van der Waals surface area contributed by atoms with E-state index in [2.05, 4.69) is 13.5 Å². The van der Waals surface area contributed by atoms with Crippen molar-refractivity contribution in [2.75, 3.05) is 6.61 Å². The predicted octanol–water partition coefficient (Wildman–Crippen LogP) is 4.16. The molecule has 0 radical (unpaired) electrons. The first-order valence-electron chi connectivity index (χ1n) is 5.98. The van der Waals surface area contributed by atoms with Crippen LogP contribution in [0.1, 0.15) is 53.4 Å². The van der Waals surface area contributed by atoms with Gasteiger partial charge < -0.3 is 4.74 Å². The fourth-order valence-corrected chi connectivity index (χ4v) is 2.43. The highest BCUT2D eigenvalue weighted by Gasteiger charge is 2.28. The highest BCUT2D eigenvalue weighted by atomic mass is 32.2. The summed E-state index contributed by atoms with van der Waals surface area (Å²) < 4.78 is 5.70. The first-order valence-corrected chi connectivity index (χ1v) is 6.79. The number of rotatable bonds is 8. The van der Waals surface area contributed by atoms with Crippen LogP contribution >= 0.6 is 11.8 Å². The minimum Gasteiger partial charge on any atom is -0.364 e. The molecule has 0 spiro atoms. The lowest BCUT2D eigenvalue weighted by molar-refractivity contribution is -0.108. The van der Waals surface area contributed by atoms with E-state index in [1.807, 2.05) is 13.8 Å². The molecule has 94 valence electrons. The molecular weight excluding hydrogens is 220 g/mol. The molecule has 1 unspecified atom stereocenters. The van der Waals surface area contributed by atoms with Crippen molar-refractivity contribution in [1.29, 1.82) is 0 Å². The van der Waals surface area contributed by atoms with E-state index in [9.17, 15) is 4.79 Å². The average Bonchev–Trinajstić information content (AvgIpc) is 2.18. The van der Waals surface area contributed by atoms with Gasteiger partial charge in [-0.1, -0.05) is 26.3 Å². The summed E-state index contributed by atoms with van der Waals surface area (Å²) in [5.41, 5.74) is 0.589. The zero-order valence-corrected chi connectivity index (χ0v) is 11.8. The first kappa shape index (κ1) is 15.7. The molecule has 0 aliphatic carbocycles. The molecule has 3 heteroatoms. The summed E-state index contributed by atoms with van der Waals surface area (Å²) in [6.45, 7) is 12.2. The van der Waals surface area contributed by atoms with E-state index in [1.54, 1.807) is 6.92 Å². The minimum absolute atomic E-state index is 0.0347. The van der Waals surface area contributed by atoms with Gasteiger partial charge in [-0.15, -0.1) is 0 Å². The molecule has 0 saturated heterocycles. The summed E-state index contributed by atoms with van der Waals surface area (Å²) in [5, 5.41) is 0.0347. The fourth-order valence-electron chi connectivity index (χ4n) is 1.44. The Kier molecular flexibility index (Phi) is 7.77. The molecule has 0 aliphatic rings. The number of ether oxygens (including phenoxy) is 1. The maximum atomic E-state index is 11.6. The molecule has 0 aromatic heterocycles. The lowest BCUT2D eigenvalue weighted by Gasteiger charge is -2.28. The first-order chi connectivity index (χ1) is 7.45. The molecule has 0 aliphatic heterocycles. The van der Waals surface area contributed by atoms with E-state index in [0.29, 0.717) is 12.2 Å². The van der Waals surface area contributed by atoms with Crippen LogP contribution in [-0.4, -0.2) is 16.7 Å². The zero-order chi connectivity index (χ0) is 12.6. The van der Waals surface area contributed by atoms with Crippen molar-refractivity contribution in [1.82, 2.24) is 0 Å². The molecule has 1 atom stereocenters. The van der Waals surface area contributed by atoms with Crippen molar-refractivity contribution in [3.63, 3.8) is 0 Å². The van der Waals surface area contributed by atoms with Crippen LogP contribution in [0.2, 0.25) is 0 Å². The second-order valence-electron chi connectivity index (χ2n) is 4.19. The molecule has 0 aromatic rings. The highest BCUT2D eigenvalue weighted by molar-refractivity contribution is 8.15. The van der Waals surface area contributed by atoms with Crippen LogP contribution in [0.15, 0.2) is 12.2 Å². The molecule has 0 N–H and O–H groups in total. The third-order valence-electron chi connectivity index (χ3n) is 2.34. The third kappa shape index (κ3) is 6.33. The molecule has 0 aromatic carbocycles. The van der Waals surface area contributed by atoms with Crippen LogP contribution in [0.4, 0.5) is 0 Å². The summed E-state index contributed by atoms with van der Waals surface area (Å²) in [4.78, 5) is 11.3. The minimum atomic E-state index is -0.389. The molecular formula is C13H24O2S. The summed E-state index contributed by atoms with van der Waals surface area (Å²) in [5.74, 6) is 0. The summed E-state index contributed by atoms with van der Waals surface area (Å²) in [6.07, 6.45) is 4.38. The smallest absolute Gasteiger partial charge is 0.217 e. The van der Waals surface area contributed by atoms with E-state index >= 15 is 0 Å². The van der Waals surface area contributed by atoms with Crippen LogP contribution in [0.5, 0.6) is 0 Å². The lowest BCUT2D eigenvalue weighted by Crippen LogP contribution is -2.26.